The van der Waals surface area contributed by atoms with Gasteiger partial charge in [-0.05, 0) is 17.9 Å². The predicted octanol–water partition coefficient (Wildman–Crippen LogP) is 2.63. The topological polar surface area (TPSA) is 67.4 Å². The maximum absolute atomic E-state index is 11.6. The Morgan fingerprint density at radius 1 is 1.23 bits per heavy atom. The standard InChI is InChI=1S/C17H24N2O3/c1-3-14(4-2)12-16(20)18-10-11-19-17(21)22-13-15-8-6-5-7-9-15/h3,5-9,14H,1,4,10-13H2,2H3,(H,18,20)(H,19,21)/t14-/m0/s1. The Balaban J connectivity index is 2.10. The SMILES string of the molecule is C=C[C@@H](CC)CC(=O)NCCNC(=O)OCc1ccccc1. The largest absolute Gasteiger partial charge is 0.445 e. The molecular weight excluding hydrogens is 280 g/mol. The Kier molecular flexibility index (Phi) is 8.42. The Hall–Kier alpha value is -2.30. The zero-order valence-corrected chi connectivity index (χ0v) is 13.0. The molecule has 1 aromatic carbocycles. The molecule has 0 unspecified atom stereocenters. The summed E-state index contributed by atoms with van der Waals surface area (Å²) in [6.45, 7) is 6.67. The van der Waals surface area contributed by atoms with Gasteiger partial charge in [-0.15, -0.1) is 6.58 Å². The number of amides is 2. The third-order valence-electron chi connectivity index (χ3n) is 3.23. The van der Waals surface area contributed by atoms with Crippen molar-refractivity contribution in [2.45, 2.75) is 26.4 Å². The molecule has 0 radical (unpaired) electrons. The second kappa shape index (κ2) is 10.4. The minimum atomic E-state index is -0.490. The van der Waals surface area contributed by atoms with Gasteiger partial charge in [0.1, 0.15) is 6.61 Å². The normalized spacial score (nSPS) is 11.3. The third-order valence-corrected chi connectivity index (χ3v) is 3.23. The van der Waals surface area contributed by atoms with Gasteiger partial charge in [0.15, 0.2) is 0 Å². The molecule has 0 saturated carbocycles. The van der Waals surface area contributed by atoms with Gasteiger partial charge in [-0.3, -0.25) is 4.79 Å². The van der Waals surface area contributed by atoms with Gasteiger partial charge in [-0.25, -0.2) is 4.79 Å². The first-order chi connectivity index (χ1) is 10.7. The van der Waals surface area contributed by atoms with Gasteiger partial charge in [-0.1, -0.05) is 43.3 Å². The fourth-order valence-electron chi connectivity index (χ4n) is 1.85. The van der Waals surface area contributed by atoms with Crippen molar-refractivity contribution in [3.05, 3.63) is 48.6 Å². The summed E-state index contributed by atoms with van der Waals surface area (Å²) in [7, 11) is 0. The van der Waals surface area contributed by atoms with Crippen molar-refractivity contribution in [3.63, 3.8) is 0 Å². The zero-order valence-electron chi connectivity index (χ0n) is 13.0. The molecule has 2 N–H and O–H groups in total. The van der Waals surface area contributed by atoms with Crippen LogP contribution in [0.25, 0.3) is 0 Å². The van der Waals surface area contributed by atoms with Crippen molar-refractivity contribution in [3.8, 4) is 0 Å². The molecule has 0 aliphatic rings. The highest BCUT2D eigenvalue weighted by molar-refractivity contribution is 5.76. The smallest absolute Gasteiger partial charge is 0.407 e. The van der Waals surface area contributed by atoms with E-state index >= 15 is 0 Å². The lowest BCUT2D eigenvalue weighted by atomic mass is 10.0. The number of hydrogen-bond donors (Lipinski definition) is 2. The first-order valence-corrected chi connectivity index (χ1v) is 7.49. The van der Waals surface area contributed by atoms with Crippen molar-refractivity contribution in [2.24, 2.45) is 5.92 Å². The summed E-state index contributed by atoms with van der Waals surface area (Å²) in [5, 5.41) is 5.35. The van der Waals surface area contributed by atoms with E-state index in [1.807, 2.05) is 37.3 Å². The summed E-state index contributed by atoms with van der Waals surface area (Å²) in [5.41, 5.74) is 0.931. The highest BCUT2D eigenvalue weighted by Crippen LogP contribution is 2.08. The lowest BCUT2D eigenvalue weighted by Gasteiger charge is -2.10. The van der Waals surface area contributed by atoms with Crippen molar-refractivity contribution in [1.29, 1.82) is 0 Å². The lowest BCUT2D eigenvalue weighted by Crippen LogP contribution is -2.35. The van der Waals surface area contributed by atoms with Gasteiger partial charge in [0.2, 0.25) is 5.91 Å². The van der Waals surface area contributed by atoms with Crippen molar-refractivity contribution < 1.29 is 14.3 Å². The minimum Gasteiger partial charge on any atom is -0.445 e. The molecule has 22 heavy (non-hydrogen) atoms. The van der Waals surface area contributed by atoms with E-state index in [-0.39, 0.29) is 18.4 Å². The average Bonchev–Trinajstić information content (AvgIpc) is 2.55. The van der Waals surface area contributed by atoms with E-state index in [9.17, 15) is 9.59 Å². The first-order valence-electron chi connectivity index (χ1n) is 7.49. The second-order valence-corrected chi connectivity index (χ2v) is 4.95. The van der Waals surface area contributed by atoms with Crippen LogP contribution in [0.1, 0.15) is 25.3 Å². The molecule has 0 aliphatic carbocycles. The summed E-state index contributed by atoms with van der Waals surface area (Å²) >= 11 is 0. The number of carbonyl (C=O) groups excluding carboxylic acids is 2. The number of ether oxygens (including phenoxy) is 1. The van der Waals surface area contributed by atoms with E-state index in [2.05, 4.69) is 17.2 Å². The Bertz CT molecular complexity index is 474. The molecule has 1 aromatic rings. The van der Waals surface area contributed by atoms with Crippen molar-refractivity contribution >= 4 is 12.0 Å². The molecule has 5 nitrogen and oxygen atoms in total. The van der Waals surface area contributed by atoms with Crippen LogP contribution < -0.4 is 10.6 Å². The summed E-state index contributed by atoms with van der Waals surface area (Å²) < 4.78 is 5.06. The molecule has 1 rings (SSSR count). The first kappa shape index (κ1) is 17.8. The molecule has 0 aliphatic heterocycles. The van der Waals surface area contributed by atoms with Crippen LogP contribution >= 0.6 is 0 Å². The molecule has 0 aromatic heterocycles. The van der Waals surface area contributed by atoms with E-state index in [1.54, 1.807) is 6.08 Å². The minimum absolute atomic E-state index is 0.0359. The number of rotatable bonds is 9. The van der Waals surface area contributed by atoms with Crippen LogP contribution in [0.15, 0.2) is 43.0 Å². The molecular formula is C17H24N2O3. The van der Waals surface area contributed by atoms with Crippen LogP contribution in [0.4, 0.5) is 4.79 Å². The van der Waals surface area contributed by atoms with Gasteiger partial charge in [-0.2, -0.15) is 0 Å². The molecule has 0 spiro atoms. The molecule has 1 atom stereocenters. The lowest BCUT2D eigenvalue weighted by molar-refractivity contribution is -0.121. The van der Waals surface area contributed by atoms with E-state index in [4.69, 9.17) is 4.74 Å². The van der Waals surface area contributed by atoms with Crippen LogP contribution in [-0.4, -0.2) is 25.1 Å². The molecule has 0 bridgehead atoms. The molecule has 5 heteroatoms. The Labute approximate surface area is 131 Å². The van der Waals surface area contributed by atoms with Crippen LogP contribution in [-0.2, 0) is 16.1 Å². The number of alkyl carbamates (subject to hydrolysis) is 1. The Morgan fingerprint density at radius 2 is 1.91 bits per heavy atom. The molecule has 120 valence electrons. The van der Waals surface area contributed by atoms with Crippen LogP contribution in [0.2, 0.25) is 0 Å². The number of hydrogen-bond acceptors (Lipinski definition) is 3. The van der Waals surface area contributed by atoms with Crippen molar-refractivity contribution in [1.82, 2.24) is 10.6 Å². The highest BCUT2D eigenvalue weighted by Gasteiger charge is 2.08. The average molecular weight is 304 g/mol. The van der Waals surface area contributed by atoms with Crippen molar-refractivity contribution in [2.75, 3.05) is 13.1 Å². The maximum Gasteiger partial charge on any atom is 0.407 e. The Morgan fingerprint density at radius 3 is 2.55 bits per heavy atom. The molecule has 0 fully saturated rings. The summed E-state index contributed by atoms with van der Waals surface area (Å²) in [5.74, 6) is 0.162. The second-order valence-electron chi connectivity index (χ2n) is 4.95. The van der Waals surface area contributed by atoms with Gasteiger partial charge in [0.25, 0.3) is 0 Å². The van der Waals surface area contributed by atoms with E-state index < -0.39 is 6.09 Å². The number of benzene rings is 1. The quantitative estimate of drug-likeness (QED) is 0.544. The number of allylic oxidation sites excluding steroid dienone is 1. The monoisotopic (exact) mass is 304 g/mol. The van der Waals surface area contributed by atoms with Gasteiger partial charge in [0.05, 0.1) is 0 Å². The summed E-state index contributed by atoms with van der Waals surface area (Å²) in [6.07, 6.45) is 2.62. The fraction of sp³-hybridized carbons (Fsp3) is 0.412. The summed E-state index contributed by atoms with van der Waals surface area (Å²) in [4.78, 5) is 23.1. The predicted molar refractivity (Wildman–Crippen MR) is 86.2 cm³/mol. The third kappa shape index (κ3) is 7.47. The van der Waals surface area contributed by atoms with E-state index in [0.717, 1.165) is 12.0 Å². The van der Waals surface area contributed by atoms with Crippen LogP contribution in [0, 0.1) is 5.92 Å². The zero-order chi connectivity index (χ0) is 16.2. The van der Waals surface area contributed by atoms with Gasteiger partial charge >= 0.3 is 6.09 Å². The van der Waals surface area contributed by atoms with Crippen LogP contribution in [0.5, 0.6) is 0 Å². The van der Waals surface area contributed by atoms with E-state index in [1.165, 1.54) is 0 Å². The number of carbonyl (C=O) groups is 2. The van der Waals surface area contributed by atoms with E-state index in [0.29, 0.717) is 19.5 Å². The molecule has 0 heterocycles. The molecule has 0 saturated heterocycles. The highest BCUT2D eigenvalue weighted by atomic mass is 16.5. The fourth-order valence-corrected chi connectivity index (χ4v) is 1.85. The van der Waals surface area contributed by atoms with Gasteiger partial charge in [0, 0.05) is 19.5 Å². The number of nitrogens with one attached hydrogen (secondary N) is 2. The van der Waals surface area contributed by atoms with Crippen LogP contribution in [0.3, 0.4) is 0 Å². The van der Waals surface area contributed by atoms with Gasteiger partial charge < -0.3 is 15.4 Å². The maximum atomic E-state index is 11.6. The molecule has 2 amide bonds. The summed E-state index contributed by atoms with van der Waals surface area (Å²) in [6, 6.07) is 9.45.